The Balaban J connectivity index is 2.54. The summed E-state index contributed by atoms with van der Waals surface area (Å²) in [5, 5.41) is 1.50. The Morgan fingerprint density at radius 1 is 2.00 bits per heavy atom. The molecule has 1 unspecified atom stereocenters. The van der Waals surface area contributed by atoms with Crippen molar-refractivity contribution in [1.29, 1.82) is 0 Å². The fraction of sp³-hybridized carbons (Fsp3) is 0.857. The van der Waals surface area contributed by atoms with Crippen LogP contribution in [0, 0.1) is 0 Å². The van der Waals surface area contributed by atoms with Gasteiger partial charge in [-0.25, -0.2) is 0 Å². The van der Waals surface area contributed by atoms with Crippen molar-refractivity contribution in [2.24, 2.45) is 4.99 Å². The van der Waals surface area contributed by atoms with Gasteiger partial charge in [0.05, 0.1) is 19.2 Å². The van der Waals surface area contributed by atoms with Gasteiger partial charge in [0, 0.05) is 6.54 Å². The van der Waals surface area contributed by atoms with Crippen LogP contribution in [0.15, 0.2) is 4.99 Å². The first-order valence-electron chi connectivity index (χ1n) is 4.13. The highest BCUT2D eigenvalue weighted by Gasteiger charge is 2.13. The lowest BCUT2D eigenvalue weighted by Gasteiger charge is -2.20. The second kappa shape index (κ2) is 3.56. The molecule has 0 bridgehead atoms. The molecular formula is C7H14N2O. The van der Waals surface area contributed by atoms with Crippen molar-refractivity contribution in [1.82, 2.24) is 5.31 Å². The molecule has 10 heavy (non-hydrogen) atoms. The zero-order chi connectivity index (χ0) is 8.27. The van der Waals surface area contributed by atoms with Crippen LogP contribution in [-0.2, 0) is 4.74 Å². The molecule has 1 N–H and O–H groups in total. The molecule has 0 spiro atoms. The molecule has 3 heteroatoms. The molecule has 1 heterocycles. The van der Waals surface area contributed by atoms with E-state index in [0.29, 0.717) is 25.6 Å². The third-order valence-corrected chi connectivity index (χ3v) is 1.42. The lowest BCUT2D eigenvalue weighted by atomic mass is 10.3. The number of nitrogens with one attached hydrogen (secondary N) is 1. The van der Waals surface area contributed by atoms with Crippen LogP contribution in [0.5, 0.6) is 0 Å². The molecule has 1 aliphatic rings. The van der Waals surface area contributed by atoms with Gasteiger partial charge < -0.3 is 10.0 Å². The molecule has 1 aliphatic heterocycles. The maximum absolute atomic E-state index is 7.46. The largest absolute Gasteiger partial charge is 0.480 e. The van der Waals surface area contributed by atoms with Crippen LogP contribution in [0.3, 0.4) is 0 Å². The smallest absolute Gasteiger partial charge is 0.200 e. The summed E-state index contributed by atoms with van der Waals surface area (Å²) in [6.45, 7) is 5.89. The van der Waals surface area contributed by atoms with E-state index in [1.165, 1.54) is 5.31 Å². The van der Waals surface area contributed by atoms with Crippen LogP contribution in [0.4, 0.5) is 0 Å². The first kappa shape index (κ1) is 6.16. The van der Waals surface area contributed by atoms with Gasteiger partial charge in [0.15, 0.2) is 0 Å². The van der Waals surface area contributed by atoms with E-state index in [4.69, 9.17) is 6.15 Å². The lowest BCUT2D eigenvalue weighted by molar-refractivity contribution is 0.299. The molecule has 1 atom stereocenters. The molecule has 0 radical (unpaired) electrons. The second-order valence-corrected chi connectivity index (χ2v) is 2.24. The molecule has 0 aromatic rings. The van der Waals surface area contributed by atoms with Gasteiger partial charge in [-0.3, -0.25) is 4.99 Å². The predicted octanol–water partition coefficient (Wildman–Crippen LogP) is 0.413. The molecule has 0 amide bonds. The van der Waals surface area contributed by atoms with Gasteiger partial charge >= 0.3 is 0 Å². The molecule has 1 rings (SSSR count). The molecule has 0 fully saturated rings. The van der Waals surface area contributed by atoms with Crippen molar-refractivity contribution in [3.05, 3.63) is 0 Å². The summed E-state index contributed by atoms with van der Waals surface area (Å²) in [5.74, 6) is 0.703. The summed E-state index contributed by atoms with van der Waals surface area (Å²) < 4.78 is 12.7. The lowest BCUT2D eigenvalue weighted by Crippen LogP contribution is -2.41. The summed E-state index contributed by atoms with van der Waals surface area (Å²) >= 11 is 0. The molecule has 0 aliphatic carbocycles. The summed E-state index contributed by atoms with van der Waals surface area (Å²) in [7, 11) is 0. The Hall–Kier alpha value is -0.570. The molecule has 0 saturated carbocycles. The summed E-state index contributed by atoms with van der Waals surface area (Å²) in [4.78, 5) is 4.18. The van der Waals surface area contributed by atoms with Gasteiger partial charge in [0.25, 0.3) is 0 Å². The van der Waals surface area contributed by atoms with Crippen molar-refractivity contribution >= 4 is 5.90 Å². The number of nitrogens with zero attached hydrogens (tertiary/aromatic N) is 1. The van der Waals surface area contributed by atoms with Crippen LogP contribution < -0.4 is 5.31 Å². The number of ether oxygens (including phenoxy) is 1. The molecule has 0 aromatic heterocycles. The SMILES string of the molecule is [2H]N1CCN=C(OCC)C1C. The molecule has 58 valence electrons. The van der Waals surface area contributed by atoms with Crippen LogP contribution in [0.2, 0.25) is 1.41 Å². The quantitative estimate of drug-likeness (QED) is 0.577. The molecule has 0 aromatic carbocycles. The first-order chi connectivity index (χ1) is 5.25. The maximum atomic E-state index is 7.46. The van der Waals surface area contributed by atoms with Gasteiger partial charge in [0.2, 0.25) is 5.90 Å². The van der Waals surface area contributed by atoms with Gasteiger partial charge in [-0.1, -0.05) is 0 Å². The minimum absolute atomic E-state index is 0.0173. The van der Waals surface area contributed by atoms with Crippen LogP contribution in [-0.4, -0.2) is 31.6 Å². The molecule has 0 saturated heterocycles. The van der Waals surface area contributed by atoms with Crippen LogP contribution in [0.25, 0.3) is 0 Å². The minimum atomic E-state index is 0.0173. The highest BCUT2D eigenvalue weighted by molar-refractivity contribution is 5.81. The van der Waals surface area contributed by atoms with Crippen LogP contribution >= 0.6 is 0 Å². The van der Waals surface area contributed by atoms with E-state index in [0.717, 1.165) is 0 Å². The second-order valence-electron chi connectivity index (χ2n) is 2.24. The summed E-state index contributed by atoms with van der Waals surface area (Å²) in [6.07, 6.45) is 0. The average molecular weight is 143 g/mol. The number of aliphatic imine (C=N–C) groups is 1. The zero-order valence-electron chi connectivity index (χ0n) is 7.50. The van der Waals surface area contributed by atoms with Gasteiger partial charge in [-0.05, 0) is 13.8 Å². The predicted molar refractivity (Wildman–Crippen MR) is 41.4 cm³/mol. The monoisotopic (exact) mass is 143 g/mol. The van der Waals surface area contributed by atoms with Crippen LogP contribution in [0.1, 0.15) is 13.8 Å². The first-order valence-corrected chi connectivity index (χ1v) is 3.68. The number of rotatable bonds is 1. The van der Waals surface area contributed by atoms with E-state index in [-0.39, 0.29) is 6.04 Å². The van der Waals surface area contributed by atoms with E-state index in [2.05, 4.69) is 4.99 Å². The number of hydrogen-bond acceptors (Lipinski definition) is 3. The van der Waals surface area contributed by atoms with E-state index >= 15 is 0 Å². The van der Waals surface area contributed by atoms with Crippen molar-refractivity contribution in [3.8, 4) is 0 Å². The van der Waals surface area contributed by atoms with E-state index in [1.54, 1.807) is 0 Å². The van der Waals surface area contributed by atoms with Crippen molar-refractivity contribution in [2.75, 3.05) is 19.7 Å². The maximum Gasteiger partial charge on any atom is 0.200 e. The molecular weight excluding hydrogens is 128 g/mol. The normalized spacial score (nSPS) is 29.2. The fourth-order valence-corrected chi connectivity index (χ4v) is 0.936. The molecule has 3 nitrogen and oxygen atoms in total. The highest BCUT2D eigenvalue weighted by Crippen LogP contribution is 1.95. The third kappa shape index (κ3) is 1.70. The number of hydrogen-bond donors (Lipinski definition) is 1. The Labute approximate surface area is 62.9 Å². The van der Waals surface area contributed by atoms with Crippen molar-refractivity contribution < 1.29 is 6.15 Å². The van der Waals surface area contributed by atoms with E-state index < -0.39 is 0 Å². The standard InChI is InChI=1S/C7H14N2O/c1-3-10-7-6(2)8-4-5-9-7/h6,8H,3-5H2,1-2H3/i/hD. The Morgan fingerprint density at radius 2 is 2.80 bits per heavy atom. The van der Waals surface area contributed by atoms with Crippen molar-refractivity contribution in [2.45, 2.75) is 19.9 Å². The minimum Gasteiger partial charge on any atom is -0.480 e. The topological polar surface area (TPSA) is 33.6 Å². The highest BCUT2D eigenvalue weighted by atomic mass is 16.5. The fourth-order valence-electron chi connectivity index (χ4n) is 0.936. The summed E-state index contributed by atoms with van der Waals surface area (Å²) in [5.41, 5.74) is 0. The van der Waals surface area contributed by atoms with Gasteiger partial charge in [0.1, 0.15) is 1.41 Å². The van der Waals surface area contributed by atoms with Gasteiger partial charge in [-0.2, -0.15) is 0 Å². The van der Waals surface area contributed by atoms with E-state index in [9.17, 15) is 0 Å². The van der Waals surface area contributed by atoms with E-state index in [1.807, 2.05) is 13.8 Å². The Kier molecular flexibility index (Phi) is 2.19. The third-order valence-electron chi connectivity index (χ3n) is 1.42. The Morgan fingerprint density at radius 3 is 3.50 bits per heavy atom. The summed E-state index contributed by atoms with van der Waals surface area (Å²) in [6, 6.07) is 0.0173. The van der Waals surface area contributed by atoms with Crippen molar-refractivity contribution in [3.63, 3.8) is 0 Å². The zero-order valence-corrected chi connectivity index (χ0v) is 6.50. The Bertz CT molecular complexity index is 161. The average Bonchev–Trinajstić information content (AvgIpc) is 1.99. The van der Waals surface area contributed by atoms with Gasteiger partial charge in [-0.15, -0.1) is 0 Å².